The lowest BCUT2D eigenvalue weighted by Gasteiger charge is -1.98. The Bertz CT molecular complexity index is 622. The SMILES string of the molecule is Brc1cccc(Cc2cc3ccccc3s2)c1. The zero-order valence-electron chi connectivity index (χ0n) is 9.19. The molecule has 0 aliphatic carbocycles. The molecule has 1 aromatic heterocycles. The maximum atomic E-state index is 3.51. The van der Waals surface area contributed by atoms with Crippen LogP contribution in [0.3, 0.4) is 0 Å². The molecule has 0 N–H and O–H groups in total. The van der Waals surface area contributed by atoms with E-state index >= 15 is 0 Å². The quantitative estimate of drug-likeness (QED) is 0.606. The first-order chi connectivity index (χ1) is 8.31. The number of rotatable bonds is 2. The Morgan fingerprint density at radius 2 is 1.82 bits per heavy atom. The summed E-state index contributed by atoms with van der Waals surface area (Å²) >= 11 is 5.40. The zero-order valence-corrected chi connectivity index (χ0v) is 11.6. The number of thiophene rings is 1. The standard InChI is InChI=1S/C15H11BrS/c16-13-6-3-4-11(8-13)9-14-10-12-5-1-2-7-15(12)17-14/h1-8,10H,9H2. The van der Waals surface area contributed by atoms with E-state index in [1.807, 2.05) is 11.3 Å². The molecule has 0 unspecified atom stereocenters. The van der Waals surface area contributed by atoms with Crippen LogP contribution in [0.4, 0.5) is 0 Å². The molecule has 0 radical (unpaired) electrons. The Labute approximate surface area is 113 Å². The zero-order chi connectivity index (χ0) is 11.7. The molecule has 3 aromatic rings. The highest BCUT2D eigenvalue weighted by Gasteiger charge is 2.02. The lowest BCUT2D eigenvalue weighted by Crippen LogP contribution is -1.83. The summed E-state index contributed by atoms with van der Waals surface area (Å²) < 4.78 is 2.52. The molecule has 0 amide bonds. The van der Waals surface area contributed by atoms with Crippen LogP contribution in [-0.2, 0) is 6.42 Å². The van der Waals surface area contributed by atoms with Gasteiger partial charge in [0.1, 0.15) is 0 Å². The van der Waals surface area contributed by atoms with Gasteiger partial charge < -0.3 is 0 Å². The molecular formula is C15H11BrS. The van der Waals surface area contributed by atoms with E-state index in [2.05, 4.69) is 70.5 Å². The van der Waals surface area contributed by atoms with Crippen LogP contribution in [0, 0.1) is 0 Å². The molecule has 0 saturated carbocycles. The highest BCUT2D eigenvalue weighted by molar-refractivity contribution is 9.10. The number of hydrogen-bond acceptors (Lipinski definition) is 1. The van der Waals surface area contributed by atoms with E-state index in [1.54, 1.807) is 0 Å². The summed E-state index contributed by atoms with van der Waals surface area (Å²) in [4.78, 5) is 1.42. The van der Waals surface area contributed by atoms with E-state index in [4.69, 9.17) is 0 Å². The van der Waals surface area contributed by atoms with Crippen molar-refractivity contribution in [2.75, 3.05) is 0 Å². The van der Waals surface area contributed by atoms with Crippen LogP contribution >= 0.6 is 27.3 Å². The molecule has 0 nitrogen and oxygen atoms in total. The van der Waals surface area contributed by atoms with E-state index in [0.29, 0.717) is 0 Å². The molecule has 17 heavy (non-hydrogen) atoms. The first-order valence-corrected chi connectivity index (χ1v) is 7.14. The molecule has 0 aliphatic heterocycles. The van der Waals surface area contributed by atoms with E-state index in [-0.39, 0.29) is 0 Å². The highest BCUT2D eigenvalue weighted by Crippen LogP contribution is 2.27. The lowest BCUT2D eigenvalue weighted by atomic mass is 10.1. The molecule has 2 heteroatoms. The largest absolute Gasteiger partial charge is 0.140 e. The predicted octanol–water partition coefficient (Wildman–Crippen LogP) is 5.25. The van der Waals surface area contributed by atoms with E-state index < -0.39 is 0 Å². The number of benzene rings is 2. The molecule has 3 rings (SSSR count). The van der Waals surface area contributed by atoms with Crippen LogP contribution in [0.25, 0.3) is 10.1 Å². The van der Waals surface area contributed by atoms with Crippen molar-refractivity contribution in [2.24, 2.45) is 0 Å². The van der Waals surface area contributed by atoms with Crippen LogP contribution in [0.2, 0.25) is 0 Å². The van der Waals surface area contributed by atoms with Gasteiger partial charge in [-0.2, -0.15) is 0 Å². The number of fused-ring (bicyclic) bond motifs is 1. The van der Waals surface area contributed by atoms with Gasteiger partial charge in [-0.1, -0.05) is 46.3 Å². The molecule has 84 valence electrons. The van der Waals surface area contributed by atoms with Crippen molar-refractivity contribution < 1.29 is 0 Å². The van der Waals surface area contributed by atoms with Gasteiger partial charge in [0.15, 0.2) is 0 Å². The van der Waals surface area contributed by atoms with E-state index in [9.17, 15) is 0 Å². The van der Waals surface area contributed by atoms with Gasteiger partial charge in [0.2, 0.25) is 0 Å². The van der Waals surface area contributed by atoms with Crippen molar-refractivity contribution >= 4 is 37.4 Å². The highest BCUT2D eigenvalue weighted by atomic mass is 79.9. The predicted molar refractivity (Wildman–Crippen MR) is 78.8 cm³/mol. The number of halogens is 1. The van der Waals surface area contributed by atoms with Gasteiger partial charge >= 0.3 is 0 Å². The minimum atomic E-state index is 1.01. The Morgan fingerprint density at radius 1 is 0.941 bits per heavy atom. The fraction of sp³-hybridized carbons (Fsp3) is 0.0667. The van der Waals surface area contributed by atoms with E-state index in [1.165, 1.54) is 20.5 Å². The second-order valence-electron chi connectivity index (χ2n) is 4.06. The van der Waals surface area contributed by atoms with Crippen molar-refractivity contribution in [2.45, 2.75) is 6.42 Å². The summed E-state index contributed by atoms with van der Waals surface area (Å²) in [5.41, 5.74) is 1.35. The van der Waals surface area contributed by atoms with Crippen molar-refractivity contribution in [1.82, 2.24) is 0 Å². The van der Waals surface area contributed by atoms with Crippen molar-refractivity contribution in [1.29, 1.82) is 0 Å². The molecule has 0 fully saturated rings. The Balaban J connectivity index is 1.94. The number of hydrogen-bond donors (Lipinski definition) is 0. The third-order valence-electron chi connectivity index (χ3n) is 2.74. The van der Waals surface area contributed by atoms with Crippen molar-refractivity contribution in [3.05, 3.63) is 69.5 Å². The molecular weight excluding hydrogens is 292 g/mol. The van der Waals surface area contributed by atoms with Crippen LogP contribution in [0.15, 0.2) is 59.1 Å². The summed E-state index contributed by atoms with van der Waals surface area (Å²) in [7, 11) is 0. The molecule has 0 spiro atoms. The monoisotopic (exact) mass is 302 g/mol. The molecule has 0 bridgehead atoms. The third kappa shape index (κ3) is 2.43. The van der Waals surface area contributed by atoms with E-state index in [0.717, 1.165) is 10.9 Å². The normalized spacial score (nSPS) is 10.9. The molecule has 0 atom stereocenters. The lowest BCUT2D eigenvalue weighted by molar-refractivity contribution is 1.24. The minimum absolute atomic E-state index is 1.01. The van der Waals surface area contributed by atoms with Gasteiger partial charge in [-0.3, -0.25) is 0 Å². The van der Waals surface area contributed by atoms with Gasteiger partial charge in [0.25, 0.3) is 0 Å². The van der Waals surface area contributed by atoms with Gasteiger partial charge in [0, 0.05) is 20.5 Å². The minimum Gasteiger partial charge on any atom is -0.140 e. The summed E-state index contributed by atoms with van der Waals surface area (Å²) in [5, 5.41) is 1.35. The van der Waals surface area contributed by atoms with Gasteiger partial charge in [-0.05, 0) is 35.2 Å². The summed E-state index contributed by atoms with van der Waals surface area (Å²) in [6.07, 6.45) is 1.01. The second-order valence-corrected chi connectivity index (χ2v) is 6.14. The van der Waals surface area contributed by atoms with Crippen LogP contribution in [0.1, 0.15) is 10.4 Å². The van der Waals surface area contributed by atoms with Gasteiger partial charge in [-0.25, -0.2) is 0 Å². The van der Waals surface area contributed by atoms with Crippen LogP contribution in [-0.4, -0.2) is 0 Å². The fourth-order valence-corrected chi connectivity index (χ4v) is 3.52. The van der Waals surface area contributed by atoms with Crippen molar-refractivity contribution in [3.63, 3.8) is 0 Å². The average Bonchev–Trinajstić information content (AvgIpc) is 2.71. The first-order valence-electron chi connectivity index (χ1n) is 5.53. The first kappa shape index (κ1) is 11.0. The van der Waals surface area contributed by atoms with Gasteiger partial charge in [-0.15, -0.1) is 11.3 Å². The molecule has 0 aliphatic rings. The maximum absolute atomic E-state index is 3.51. The van der Waals surface area contributed by atoms with Crippen LogP contribution in [0.5, 0.6) is 0 Å². The second kappa shape index (κ2) is 4.63. The van der Waals surface area contributed by atoms with Crippen LogP contribution < -0.4 is 0 Å². The molecule has 1 heterocycles. The topological polar surface area (TPSA) is 0 Å². The molecule has 0 saturated heterocycles. The average molecular weight is 303 g/mol. The maximum Gasteiger partial charge on any atom is 0.0345 e. The van der Waals surface area contributed by atoms with Gasteiger partial charge in [0.05, 0.1) is 0 Å². The summed E-state index contributed by atoms with van der Waals surface area (Å²) in [5.74, 6) is 0. The summed E-state index contributed by atoms with van der Waals surface area (Å²) in [6.45, 7) is 0. The molecule has 2 aromatic carbocycles. The Hall–Kier alpha value is -1.12. The fourth-order valence-electron chi connectivity index (χ4n) is 1.97. The smallest absolute Gasteiger partial charge is 0.0345 e. The third-order valence-corrected chi connectivity index (χ3v) is 4.35. The summed E-state index contributed by atoms with van der Waals surface area (Å²) in [6, 6.07) is 19.4. The Morgan fingerprint density at radius 3 is 2.65 bits per heavy atom. The Kier molecular flexibility index (Phi) is 3.00. The van der Waals surface area contributed by atoms with Crippen molar-refractivity contribution in [3.8, 4) is 0 Å².